The fourth-order valence-corrected chi connectivity index (χ4v) is 7.70. The molecule has 0 unspecified atom stereocenters. The van der Waals surface area contributed by atoms with Gasteiger partial charge in [0.05, 0.1) is 0 Å². The second-order valence-corrected chi connectivity index (χ2v) is 17.0. The first-order chi connectivity index (χ1) is 27.3. The minimum absolute atomic E-state index is 0.988. The topological polar surface area (TPSA) is 0 Å². The standard InChI is InChI=1S/C54H99B/c1-4-7-10-13-16-19-22-25-28-31-34-37-40-43-46-49-52-55(53-50-47-44-41-38-35-32-29-26-23-20-17-14-11-8-5-2)54-51-48-45-42-39-36-33-30-27-24-21-18-15-12-9-6-3/h16-21,25-30H,4-15,22-24,31-54H2,1-3H3. The monoisotopic (exact) mass is 759 g/mol. The molecule has 55 heavy (non-hydrogen) atoms. The first-order valence-electron chi connectivity index (χ1n) is 25.2. The maximum absolute atomic E-state index is 2.42. The lowest BCUT2D eigenvalue weighted by Crippen LogP contribution is -2.12. The first kappa shape index (κ1) is 53.5. The molecular weight excluding hydrogens is 659 g/mol. The molecule has 318 valence electrons. The molecule has 0 amide bonds. The van der Waals surface area contributed by atoms with Gasteiger partial charge in [0.1, 0.15) is 6.71 Å². The normalized spacial score (nSPS) is 12.5. The van der Waals surface area contributed by atoms with Crippen molar-refractivity contribution in [3.05, 3.63) is 72.9 Å². The molecule has 0 aromatic carbocycles. The third-order valence-corrected chi connectivity index (χ3v) is 11.4. The van der Waals surface area contributed by atoms with Crippen molar-refractivity contribution in [1.82, 2.24) is 0 Å². The highest BCUT2D eigenvalue weighted by Gasteiger charge is 2.12. The van der Waals surface area contributed by atoms with Crippen molar-refractivity contribution in [2.75, 3.05) is 0 Å². The Morgan fingerprint density at radius 3 is 0.655 bits per heavy atom. The maximum atomic E-state index is 2.42. The van der Waals surface area contributed by atoms with Gasteiger partial charge in [-0.2, -0.15) is 0 Å². The highest BCUT2D eigenvalue weighted by molar-refractivity contribution is 6.58. The zero-order chi connectivity index (χ0) is 39.6. The minimum atomic E-state index is 0.988. The van der Waals surface area contributed by atoms with Crippen molar-refractivity contribution < 1.29 is 0 Å². The Balaban J connectivity index is 4.13. The van der Waals surface area contributed by atoms with E-state index in [2.05, 4.69) is 93.7 Å². The summed E-state index contributed by atoms with van der Waals surface area (Å²) < 4.78 is 0. The fraction of sp³-hybridized carbons (Fsp3) is 0.778. The molecule has 0 aromatic heterocycles. The molecule has 0 aliphatic rings. The summed E-state index contributed by atoms with van der Waals surface area (Å²) in [4.78, 5) is 0. The van der Waals surface area contributed by atoms with Crippen LogP contribution in [0.5, 0.6) is 0 Å². The van der Waals surface area contributed by atoms with Crippen LogP contribution >= 0.6 is 0 Å². The highest BCUT2D eigenvalue weighted by Crippen LogP contribution is 2.21. The molecule has 0 N–H and O–H groups in total. The SMILES string of the molecule is CCCCCC=CCC=CCCCCCCCCB(CCCCCCCCC=CCC=CCCCCC)CCCCCCCCC=CCC=CCCCCC. The average molecular weight is 759 g/mol. The fourth-order valence-electron chi connectivity index (χ4n) is 7.70. The van der Waals surface area contributed by atoms with Gasteiger partial charge in [0.25, 0.3) is 0 Å². The second-order valence-electron chi connectivity index (χ2n) is 17.0. The van der Waals surface area contributed by atoms with Gasteiger partial charge in [0, 0.05) is 0 Å². The van der Waals surface area contributed by atoms with Crippen LogP contribution in [0.25, 0.3) is 0 Å². The lowest BCUT2D eigenvalue weighted by Gasteiger charge is -2.14. The third-order valence-electron chi connectivity index (χ3n) is 11.4. The summed E-state index contributed by atoms with van der Waals surface area (Å²) in [6.07, 6.45) is 82.0. The average Bonchev–Trinajstić information content (AvgIpc) is 3.20. The summed E-state index contributed by atoms with van der Waals surface area (Å²) in [5.41, 5.74) is 0. The van der Waals surface area contributed by atoms with Gasteiger partial charge in [-0.05, 0) is 96.3 Å². The van der Waals surface area contributed by atoms with Crippen molar-refractivity contribution >= 4 is 6.71 Å². The Hall–Kier alpha value is -1.50. The number of hydrogen-bond donors (Lipinski definition) is 0. The summed E-state index contributed by atoms with van der Waals surface area (Å²) in [6, 6.07) is 0. The lowest BCUT2D eigenvalue weighted by molar-refractivity contribution is 0.599. The molecule has 0 fully saturated rings. The van der Waals surface area contributed by atoms with Crippen molar-refractivity contribution in [2.45, 2.75) is 271 Å². The summed E-state index contributed by atoms with van der Waals surface area (Å²) in [7, 11) is 0. The summed E-state index contributed by atoms with van der Waals surface area (Å²) in [5, 5.41) is 0. The Kier molecular flexibility index (Phi) is 49.2. The summed E-state index contributed by atoms with van der Waals surface area (Å²) >= 11 is 0. The molecule has 0 bridgehead atoms. The molecule has 0 heterocycles. The number of unbranched alkanes of at least 4 members (excludes halogenated alkanes) is 27. The predicted octanol–water partition coefficient (Wildman–Crippen LogP) is 19.9. The van der Waals surface area contributed by atoms with Crippen LogP contribution in [-0.2, 0) is 0 Å². The molecule has 0 aliphatic carbocycles. The van der Waals surface area contributed by atoms with Crippen LogP contribution in [-0.4, -0.2) is 6.71 Å². The van der Waals surface area contributed by atoms with E-state index in [1.807, 2.05) is 0 Å². The quantitative estimate of drug-likeness (QED) is 0.0330. The van der Waals surface area contributed by atoms with Crippen LogP contribution in [0, 0.1) is 0 Å². The zero-order valence-corrected chi connectivity index (χ0v) is 38.1. The number of hydrogen-bond acceptors (Lipinski definition) is 0. The largest absolute Gasteiger partial charge is 0.139 e. The molecule has 0 rings (SSSR count). The minimum Gasteiger partial charge on any atom is -0.0882 e. The number of allylic oxidation sites excluding steroid dienone is 12. The van der Waals surface area contributed by atoms with E-state index in [1.54, 1.807) is 0 Å². The van der Waals surface area contributed by atoms with Crippen LogP contribution in [0.4, 0.5) is 0 Å². The highest BCUT2D eigenvalue weighted by atomic mass is 14.0. The van der Waals surface area contributed by atoms with Gasteiger partial charge in [-0.1, -0.05) is 247 Å². The maximum Gasteiger partial charge on any atom is 0.139 e. The van der Waals surface area contributed by atoms with Crippen LogP contribution < -0.4 is 0 Å². The smallest absolute Gasteiger partial charge is 0.0882 e. The van der Waals surface area contributed by atoms with Crippen LogP contribution in [0.1, 0.15) is 252 Å². The molecule has 0 aromatic rings. The van der Waals surface area contributed by atoms with E-state index >= 15 is 0 Å². The Labute approximate surface area is 349 Å². The van der Waals surface area contributed by atoms with Crippen LogP contribution in [0.2, 0.25) is 19.0 Å². The van der Waals surface area contributed by atoms with E-state index in [-0.39, 0.29) is 0 Å². The second kappa shape index (κ2) is 50.5. The molecule has 0 radical (unpaired) electrons. The Morgan fingerprint density at radius 2 is 0.418 bits per heavy atom. The lowest BCUT2D eigenvalue weighted by atomic mass is 9.41. The van der Waals surface area contributed by atoms with Crippen molar-refractivity contribution in [3.8, 4) is 0 Å². The van der Waals surface area contributed by atoms with Gasteiger partial charge in [0.2, 0.25) is 0 Å². The van der Waals surface area contributed by atoms with E-state index in [1.165, 1.54) is 231 Å². The van der Waals surface area contributed by atoms with E-state index in [0.717, 1.165) is 26.0 Å². The van der Waals surface area contributed by atoms with Crippen molar-refractivity contribution in [3.63, 3.8) is 0 Å². The molecule has 1 heteroatoms. The Morgan fingerprint density at radius 1 is 0.218 bits per heavy atom. The summed E-state index contributed by atoms with van der Waals surface area (Å²) in [6.45, 7) is 7.83. The van der Waals surface area contributed by atoms with Gasteiger partial charge in [-0.15, -0.1) is 0 Å². The predicted molar refractivity (Wildman–Crippen MR) is 258 cm³/mol. The van der Waals surface area contributed by atoms with E-state index in [9.17, 15) is 0 Å². The van der Waals surface area contributed by atoms with E-state index in [4.69, 9.17) is 0 Å². The van der Waals surface area contributed by atoms with E-state index in [0.29, 0.717) is 0 Å². The van der Waals surface area contributed by atoms with Gasteiger partial charge < -0.3 is 0 Å². The Bertz CT molecular complexity index is 758. The molecule has 0 nitrogen and oxygen atoms in total. The number of rotatable bonds is 45. The molecule has 0 saturated carbocycles. The summed E-state index contributed by atoms with van der Waals surface area (Å²) in [5.74, 6) is 0. The third kappa shape index (κ3) is 48.6. The molecule has 0 aliphatic heterocycles. The van der Waals surface area contributed by atoms with Crippen molar-refractivity contribution in [1.29, 1.82) is 0 Å². The molecule has 0 atom stereocenters. The molecule has 0 saturated heterocycles. The van der Waals surface area contributed by atoms with Gasteiger partial charge in [-0.3, -0.25) is 0 Å². The van der Waals surface area contributed by atoms with E-state index < -0.39 is 0 Å². The molecular formula is C54H99B. The van der Waals surface area contributed by atoms with Crippen LogP contribution in [0.3, 0.4) is 0 Å². The van der Waals surface area contributed by atoms with Gasteiger partial charge >= 0.3 is 0 Å². The van der Waals surface area contributed by atoms with Gasteiger partial charge in [0.15, 0.2) is 0 Å². The first-order valence-corrected chi connectivity index (χ1v) is 25.2. The molecule has 0 spiro atoms. The van der Waals surface area contributed by atoms with Gasteiger partial charge in [-0.25, -0.2) is 0 Å². The van der Waals surface area contributed by atoms with Crippen LogP contribution in [0.15, 0.2) is 72.9 Å². The van der Waals surface area contributed by atoms with Crippen molar-refractivity contribution in [2.24, 2.45) is 0 Å². The zero-order valence-electron chi connectivity index (χ0n) is 38.1.